The van der Waals surface area contributed by atoms with Crippen molar-refractivity contribution in [1.29, 1.82) is 0 Å². The predicted molar refractivity (Wildman–Crippen MR) is 74.5 cm³/mol. The van der Waals surface area contributed by atoms with Crippen LogP contribution in [0, 0.1) is 0 Å². The first-order valence-corrected chi connectivity index (χ1v) is 6.82. The van der Waals surface area contributed by atoms with E-state index in [1.807, 2.05) is 0 Å². The Hall–Kier alpha value is -1.54. The van der Waals surface area contributed by atoms with Gasteiger partial charge in [-0.3, -0.25) is 4.90 Å². The van der Waals surface area contributed by atoms with Crippen molar-refractivity contribution in [2.75, 3.05) is 13.1 Å². The highest BCUT2D eigenvalue weighted by Gasteiger charge is 2.12. The molecule has 0 saturated heterocycles. The first-order chi connectivity index (χ1) is 8.92. The molecule has 18 heavy (non-hydrogen) atoms. The summed E-state index contributed by atoms with van der Waals surface area (Å²) in [4.78, 5) is 2.58. The van der Waals surface area contributed by atoms with Gasteiger partial charge in [0.25, 0.3) is 0 Å². The summed E-state index contributed by atoms with van der Waals surface area (Å²) in [6.07, 6.45) is 4.62. The van der Waals surface area contributed by atoms with Crippen LogP contribution in [0.2, 0.25) is 0 Å². The van der Waals surface area contributed by atoms with Crippen LogP contribution in [0.15, 0.2) is 48.7 Å². The lowest BCUT2D eigenvalue weighted by Gasteiger charge is -2.19. The van der Waals surface area contributed by atoms with E-state index < -0.39 is 0 Å². The largest absolute Gasteiger partial charge is 0.350 e. The van der Waals surface area contributed by atoms with Crippen molar-refractivity contribution in [3.05, 3.63) is 59.9 Å². The second-order valence-electron chi connectivity index (χ2n) is 5.06. The molecule has 1 aliphatic heterocycles. The summed E-state index contributed by atoms with van der Waals surface area (Å²) in [5, 5.41) is 0. The Bertz CT molecular complexity index is 487. The van der Waals surface area contributed by atoms with Gasteiger partial charge in [0.15, 0.2) is 0 Å². The molecule has 3 rings (SSSR count). The highest BCUT2D eigenvalue weighted by Crippen LogP contribution is 2.13. The lowest BCUT2D eigenvalue weighted by Crippen LogP contribution is -2.25. The molecule has 0 radical (unpaired) electrons. The number of hydrogen-bond donors (Lipinski definition) is 0. The second-order valence-corrected chi connectivity index (χ2v) is 5.06. The molecule has 2 heteroatoms. The van der Waals surface area contributed by atoms with Crippen LogP contribution in [-0.4, -0.2) is 22.6 Å². The van der Waals surface area contributed by atoms with Crippen molar-refractivity contribution < 1.29 is 0 Å². The summed E-state index contributed by atoms with van der Waals surface area (Å²) in [5.74, 6) is 0. The van der Waals surface area contributed by atoms with Crippen molar-refractivity contribution in [3.8, 4) is 0 Å². The van der Waals surface area contributed by atoms with E-state index >= 15 is 0 Å². The molecule has 1 aromatic heterocycles. The van der Waals surface area contributed by atoms with Crippen molar-refractivity contribution >= 4 is 0 Å². The van der Waals surface area contributed by atoms with Crippen molar-refractivity contribution in [2.24, 2.45) is 0 Å². The highest BCUT2D eigenvalue weighted by atomic mass is 15.2. The number of hydrogen-bond acceptors (Lipinski definition) is 1. The maximum absolute atomic E-state index is 2.58. The van der Waals surface area contributed by atoms with Crippen LogP contribution >= 0.6 is 0 Å². The van der Waals surface area contributed by atoms with Gasteiger partial charge in [-0.1, -0.05) is 30.3 Å². The van der Waals surface area contributed by atoms with E-state index in [-0.39, 0.29) is 0 Å². The maximum atomic E-state index is 2.58. The van der Waals surface area contributed by atoms with Crippen molar-refractivity contribution in [2.45, 2.75) is 25.9 Å². The third kappa shape index (κ3) is 2.65. The molecule has 0 N–H and O–H groups in total. The molecule has 1 aliphatic rings. The maximum Gasteiger partial charge on any atom is 0.0387 e. The molecule has 2 aromatic rings. The van der Waals surface area contributed by atoms with Crippen LogP contribution in [0.25, 0.3) is 0 Å². The van der Waals surface area contributed by atoms with Gasteiger partial charge >= 0.3 is 0 Å². The van der Waals surface area contributed by atoms with Gasteiger partial charge in [-0.15, -0.1) is 0 Å². The molecule has 0 aliphatic carbocycles. The van der Waals surface area contributed by atoms with E-state index in [0.29, 0.717) is 0 Å². The first kappa shape index (κ1) is 11.5. The molecule has 0 amide bonds. The number of nitrogens with zero attached hydrogens (tertiary/aromatic N) is 2. The Kier molecular flexibility index (Phi) is 3.47. The zero-order valence-electron chi connectivity index (χ0n) is 10.8. The molecule has 2 nitrogen and oxygen atoms in total. The molecular formula is C16H20N2. The highest BCUT2D eigenvalue weighted by molar-refractivity contribution is 5.15. The number of aromatic nitrogens is 1. The minimum absolute atomic E-state index is 1.10. The quantitative estimate of drug-likeness (QED) is 0.801. The van der Waals surface area contributed by atoms with Gasteiger partial charge in [0.2, 0.25) is 0 Å². The van der Waals surface area contributed by atoms with E-state index in [2.05, 4.69) is 58.1 Å². The number of rotatable bonds is 3. The Morgan fingerprint density at radius 2 is 1.83 bits per heavy atom. The van der Waals surface area contributed by atoms with Gasteiger partial charge in [0.1, 0.15) is 0 Å². The normalized spacial score (nSPS) is 16.2. The Morgan fingerprint density at radius 3 is 2.72 bits per heavy atom. The smallest absolute Gasteiger partial charge is 0.0387 e. The Morgan fingerprint density at radius 1 is 0.944 bits per heavy atom. The van der Waals surface area contributed by atoms with Gasteiger partial charge in [-0.2, -0.15) is 0 Å². The van der Waals surface area contributed by atoms with Gasteiger partial charge in [-0.05, 0) is 30.5 Å². The first-order valence-electron chi connectivity index (χ1n) is 6.82. The second kappa shape index (κ2) is 5.40. The number of fused-ring (bicyclic) bond motifs is 1. The minimum atomic E-state index is 1.10. The summed E-state index contributed by atoms with van der Waals surface area (Å²) in [6, 6.07) is 15.2. The fraction of sp³-hybridized carbons (Fsp3) is 0.375. The van der Waals surface area contributed by atoms with Crippen LogP contribution < -0.4 is 0 Å². The SMILES string of the molecule is c1ccc(CCN2CCCn3cccc3C2)cc1. The zero-order chi connectivity index (χ0) is 12.2. The predicted octanol–water partition coefficient (Wildman–Crippen LogP) is 2.94. The molecule has 0 spiro atoms. The van der Waals surface area contributed by atoms with Crippen LogP contribution in [0.3, 0.4) is 0 Å². The Balaban J connectivity index is 1.61. The van der Waals surface area contributed by atoms with E-state index in [4.69, 9.17) is 0 Å². The van der Waals surface area contributed by atoms with Gasteiger partial charge in [0, 0.05) is 38.1 Å². The Labute approximate surface area is 109 Å². The summed E-state index contributed by atoms with van der Waals surface area (Å²) in [6.45, 7) is 4.65. The van der Waals surface area contributed by atoms with Gasteiger partial charge < -0.3 is 4.57 Å². The monoisotopic (exact) mass is 240 g/mol. The van der Waals surface area contributed by atoms with E-state index in [9.17, 15) is 0 Å². The minimum Gasteiger partial charge on any atom is -0.350 e. The van der Waals surface area contributed by atoms with Crippen molar-refractivity contribution in [1.82, 2.24) is 9.47 Å². The average molecular weight is 240 g/mol. The molecule has 1 aromatic carbocycles. The lowest BCUT2D eigenvalue weighted by atomic mass is 10.1. The molecule has 0 fully saturated rings. The van der Waals surface area contributed by atoms with Crippen LogP contribution in [0.4, 0.5) is 0 Å². The molecule has 0 bridgehead atoms. The summed E-state index contributed by atoms with van der Waals surface area (Å²) >= 11 is 0. The number of aryl methyl sites for hydroxylation is 1. The lowest BCUT2D eigenvalue weighted by molar-refractivity contribution is 0.273. The standard InChI is InChI=1S/C16H20N2/c1-2-6-15(7-3-1)9-13-17-10-5-12-18-11-4-8-16(18)14-17/h1-4,6-8,11H,5,9-10,12-14H2. The van der Waals surface area contributed by atoms with E-state index in [1.165, 1.54) is 30.8 Å². The van der Waals surface area contributed by atoms with Crippen molar-refractivity contribution in [3.63, 3.8) is 0 Å². The average Bonchev–Trinajstić information content (AvgIpc) is 2.76. The topological polar surface area (TPSA) is 8.17 Å². The van der Waals surface area contributed by atoms with Crippen LogP contribution in [0.1, 0.15) is 17.7 Å². The fourth-order valence-electron chi connectivity index (χ4n) is 2.71. The third-order valence-corrected chi connectivity index (χ3v) is 3.74. The van der Waals surface area contributed by atoms with E-state index in [1.54, 1.807) is 0 Å². The zero-order valence-corrected chi connectivity index (χ0v) is 10.8. The fourth-order valence-corrected chi connectivity index (χ4v) is 2.71. The van der Waals surface area contributed by atoms with Crippen LogP contribution in [0.5, 0.6) is 0 Å². The molecule has 0 atom stereocenters. The summed E-state index contributed by atoms with van der Waals surface area (Å²) < 4.78 is 2.39. The summed E-state index contributed by atoms with van der Waals surface area (Å²) in [5.41, 5.74) is 2.90. The molecular weight excluding hydrogens is 220 g/mol. The summed E-state index contributed by atoms with van der Waals surface area (Å²) in [7, 11) is 0. The molecule has 0 unspecified atom stereocenters. The molecule has 0 saturated carbocycles. The van der Waals surface area contributed by atoms with Gasteiger partial charge in [0.05, 0.1) is 0 Å². The molecule has 94 valence electrons. The van der Waals surface area contributed by atoms with Crippen LogP contribution in [-0.2, 0) is 19.5 Å². The third-order valence-electron chi connectivity index (χ3n) is 3.74. The molecule has 2 heterocycles. The van der Waals surface area contributed by atoms with Gasteiger partial charge in [-0.25, -0.2) is 0 Å². The number of benzene rings is 1. The van der Waals surface area contributed by atoms with E-state index in [0.717, 1.165) is 19.5 Å².